The lowest BCUT2D eigenvalue weighted by Crippen LogP contribution is -2.13. The Hall–Kier alpha value is -1.66. The van der Waals surface area contributed by atoms with Gasteiger partial charge in [0.05, 0.1) is 11.1 Å². The number of nitrogens with one attached hydrogen (secondary N) is 1. The molecule has 0 bridgehead atoms. The fourth-order valence-electron chi connectivity index (χ4n) is 1.25. The van der Waals surface area contributed by atoms with Gasteiger partial charge in [-0.25, -0.2) is 17.8 Å². The third-order valence-corrected chi connectivity index (χ3v) is 3.71. The van der Waals surface area contributed by atoms with Gasteiger partial charge < -0.3 is 0 Å². The molecule has 1 aromatic heterocycles. The molecule has 2 aromatic rings. The Balaban J connectivity index is 2.27. The van der Waals surface area contributed by atoms with Crippen molar-refractivity contribution < 1.29 is 12.8 Å². The molecule has 4 nitrogen and oxygen atoms in total. The number of pyridine rings is 1. The van der Waals surface area contributed by atoms with Crippen LogP contribution in [0.15, 0.2) is 47.5 Å². The van der Waals surface area contributed by atoms with Crippen molar-refractivity contribution in [3.05, 3.63) is 53.4 Å². The van der Waals surface area contributed by atoms with Crippen molar-refractivity contribution in [3.8, 4) is 0 Å². The third kappa shape index (κ3) is 2.96. The van der Waals surface area contributed by atoms with Crippen molar-refractivity contribution in [1.29, 1.82) is 0 Å². The van der Waals surface area contributed by atoms with Crippen molar-refractivity contribution in [3.63, 3.8) is 0 Å². The molecule has 18 heavy (non-hydrogen) atoms. The summed E-state index contributed by atoms with van der Waals surface area (Å²) < 4.78 is 38.7. The van der Waals surface area contributed by atoms with Crippen LogP contribution in [0.2, 0.25) is 5.02 Å². The Morgan fingerprint density at radius 3 is 2.33 bits per heavy atom. The van der Waals surface area contributed by atoms with Gasteiger partial charge in [-0.1, -0.05) is 11.6 Å². The quantitative estimate of drug-likeness (QED) is 0.944. The van der Waals surface area contributed by atoms with Crippen LogP contribution in [0.25, 0.3) is 0 Å². The monoisotopic (exact) mass is 286 g/mol. The predicted octanol–water partition coefficient (Wildman–Crippen LogP) is 2.67. The molecule has 0 radical (unpaired) electrons. The summed E-state index contributed by atoms with van der Waals surface area (Å²) in [4.78, 5) is 3.67. The maximum absolute atomic E-state index is 12.6. The van der Waals surface area contributed by atoms with E-state index in [9.17, 15) is 12.8 Å². The Morgan fingerprint density at radius 1 is 1.11 bits per heavy atom. The first-order chi connectivity index (χ1) is 8.47. The number of sulfonamides is 1. The van der Waals surface area contributed by atoms with E-state index in [0.717, 1.165) is 12.3 Å². The second-order valence-corrected chi connectivity index (χ2v) is 5.54. The van der Waals surface area contributed by atoms with E-state index in [1.165, 1.54) is 30.3 Å². The molecule has 0 fully saturated rings. The first-order valence-corrected chi connectivity index (χ1v) is 6.73. The van der Waals surface area contributed by atoms with Crippen LogP contribution in [0.1, 0.15) is 0 Å². The summed E-state index contributed by atoms with van der Waals surface area (Å²) in [6, 6.07) is 8.03. The van der Waals surface area contributed by atoms with Crippen molar-refractivity contribution in [1.82, 2.24) is 4.98 Å². The molecule has 0 saturated heterocycles. The number of benzene rings is 1. The molecule has 1 aromatic carbocycles. The average Bonchev–Trinajstić information content (AvgIpc) is 2.32. The summed E-state index contributed by atoms with van der Waals surface area (Å²) in [6.45, 7) is 0. The van der Waals surface area contributed by atoms with Crippen LogP contribution in [0.5, 0.6) is 0 Å². The summed E-state index contributed by atoms with van der Waals surface area (Å²) in [5.74, 6) is -0.490. The predicted molar refractivity (Wildman–Crippen MR) is 66.5 cm³/mol. The number of aromatic nitrogens is 1. The van der Waals surface area contributed by atoms with Crippen LogP contribution in [-0.4, -0.2) is 13.4 Å². The highest BCUT2D eigenvalue weighted by atomic mass is 35.5. The fraction of sp³-hybridized carbons (Fsp3) is 0. The lowest BCUT2D eigenvalue weighted by molar-refractivity contribution is 0.600. The minimum absolute atomic E-state index is 0.0475. The van der Waals surface area contributed by atoms with Crippen LogP contribution >= 0.6 is 11.6 Å². The highest BCUT2D eigenvalue weighted by Gasteiger charge is 2.14. The first kappa shape index (κ1) is 12.8. The molecule has 0 aliphatic heterocycles. The number of rotatable bonds is 3. The number of hydrogen-bond donors (Lipinski definition) is 1. The number of hydrogen-bond acceptors (Lipinski definition) is 3. The largest absolute Gasteiger partial charge is 0.263 e. The average molecular weight is 287 g/mol. The molecule has 0 saturated carbocycles. The van der Waals surface area contributed by atoms with E-state index in [4.69, 9.17) is 11.6 Å². The molecule has 1 N–H and O–H groups in total. The Kier molecular flexibility index (Phi) is 3.49. The van der Waals surface area contributed by atoms with Crippen molar-refractivity contribution >= 4 is 27.4 Å². The summed E-state index contributed by atoms with van der Waals surface area (Å²) in [7, 11) is -3.74. The fourth-order valence-corrected chi connectivity index (χ4v) is 2.38. The first-order valence-electron chi connectivity index (χ1n) is 4.87. The standard InChI is InChI=1S/C11H8ClFN2O2S/c12-8-1-4-10(5-2-8)18(16,17)15-11-6-3-9(13)7-14-11/h1-7H,(H,14,15). The summed E-state index contributed by atoms with van der Waals surface area (Å²) in [5, 5.41) is 0.439. The molecular formula is C11H8ClFN2O2S. The zero-order valence-corrected chi connectivity index (χ0v) is 10.5. The van der Waals surface area contributed by atoms with Gasteiger partial charge in [-0.15, -0.1) is 0 Å². The van der Waals surface area contributed by atoms with Gasteiger partial charge in [0.2, 0.25) is 0 Å². The highest BCUT2D eigenvalue weighted by Crippen LogP contribution is 2.17. The second kappa shape index (κ2) is 4.91. The molecule has 0 unspecified atom stereocenters. The molecule has 94 valence electrons. The molecule has 7 heteroatoms. The lowest BCUT2D eigenvalue weighted by atomic mass is 10.4. The smallest absolute Gasteiger partial charge is 0.263 e. The number of nitrogens with zero attached hydrogens (tertiary/aromatic N) is 1. The molecule has 0 aliphatic carbocycles. The SMILES string of the molecule is O=S(=O)(Nc1ccc(F)cn1)c1ccc(Cl)cc1. The van der Waals surface area contributed by atoms with Crippen LogP contribution in [-0.2, 0) is 10.0 Å². The van der Waals surface area contributed by atoms with Gasteiger partial charge >= 0.3 is 0 Å². The lowest BCUT2D eigenvalue weighted by Gasteiger charge is -2.06. The maximum Gasteiger partial charge on any atom is 0.263 e. The van der Waals surface area contributed by atoms with E-state index in [2.05, 4.69) is 9.71 Å². The molecule has 1 heterocycles. The molecular weight excluding hydrogens is 279 g/mol. The van der Waals surface area contributed by atoms with Gasteiger partial charge in [-0.3, -0.25) is 4.72 Å². The van der Waals surface area contributed by atoms with Crippen LogP contribution in [0.4, 0.5) is 10.2 Å². The van der Waals surface area contributed by atoms with Gasteiger partial charge in [0.15, 0.2) is 0 Å². The van der Waals surface area contributed by atoms with Gasteiger partial charge in [0, 0.05) is 5.02 Å². The number of halogens is 2. The van der Waals surface area contributed by atoms with Crippen molar-refractivity contribution in [2.24, 2.45) is 0 Å². The van der Waals surface area contributed by atoms with E-state index in [-0.39, 0.29) is 10.7 Å². The van der Waals surface area contributed by atoms with E-state index in [0.29, 0.717) is 5.02 Å². The Labute approximate surface area is 108 Å². The van der Waals surface area contributed by atoms with Gasteiger partial charge in [0.1, 0.15) is 11.6 Å². The van der Waals surface area contributed by atoms with Crippen molar-refractivity contribution in [2.75, 3.05) is 4.72 Å². The Morgan fingerprint density at radius 2 is 1.78 bits per heavy atom. The molecule has 0 amide bonds. The van der Waals surface area contributed by atoms with E-state index >= 15 is 0 Å². The molecule has 0 spiro atoms. The zero-order valence-electron chi connectivity index (χ0n) is 8.97. The molecule has 0 aliphatic rings. The second-order valence-electron chi connectivity index (χ2n) is 3.42. The maximum atomic E-state index is 12.6. The van der Waals surface area contributed by atoms with Gasteiger partial charge in [-0.05, 0) is 36.4 Å². The third-order valence-electron chi connectivity index (χ3n) is 2.09. The van der Waals surface area contributed by atoms with Crippen molar-refractivity contribution in [2.45, 2.75) is 4.90 Å². The van der Waals surface area contributed by atoms with Crippen LogP contribution in [0, 0.1) is 5.82 Å². The minimum atomic E-state index is -3.74. The normalized spacial score (nSPS) is 11.2. The van der Waals surface area contributed by atoms with Gasteiger partial charge in [-0.2, -0.15) is 0 Å². The summed E-state index contributed by atoms with van der Waals surface area (Å²) in [5.41, 5.74) is 0. The molecule has 2 rings (SSSR count). The topological polar surface area (TPSA) is 59.1 Å². The van der Waals surface area contributed by atoms with Gasteiger partial charge in [0.25, 0.3) is 10.0 Å². The van der Waals surface area contributed by atoms with E-state index in [1.807, 2.05) is 0 Å². The summed E-state index contributed by atoms with van der Waals surface area (Å²) >= 11 is 5.67. The van der Waals surface area contributed by atoms with E-state index in [1.54, 1.807) is 0 Å². The zero-order chi connectivity index (χ0) is 13.2. The minimum Gasteiger partial charge on any atom is -0.263 e. The Bertz CT molecular complexity index is 642. The van der Waals surface area contributed by atoms with Crippen LogP contribution in [0.3, 0.4) is 0 Å². The number of anilines is 1. The molecule has 0 atom stereocenters. The summed E-state index contributed by atoms with van der Waals surface area (Å²) in [6.07, 6.45) is 0.930. The highest BCUT2D eigenvalue weighted by molar-refractivity contribution is 7.92. The van der Waals surface area contributed by atoms with Crippen LogP contribution < -0.4 is 4.72 Å². The van der Waals surface area contributed by atoms with E-state index < -0.39 is 15.8 Å².